The van der Waals surface area contributed by atoms with Gasteiger partial charge in [-0.25, -0.2) is 0 Å². The van der Waals surface area contributed by atoms with Crippen LogP contribution in [-0.2, 0) is 6.18 Å². The van der Waals surface area contributed by atoms with Crippen LogP contribution in [0.5, 0.6) is 0 Å². The molecule has 11 aromatic rings. The Morgan fingerprint density at radius 3 is 1.27 bits per heavy atom. The Morgan fingerprint density at radius 2 is 0.776 bits per heavy atom. The number of nitrogens with zero attached hydrogens (tertiary/aromatic N) is 3. The summed E-state index contributed by atoms with van der Waals surface area (Å²) in [4.78, 5) is 0. The van der Waals surface area contributed by atoms with Crippen LogP contribution in [0.3, 0.4) is 0 Å². The molecule has 0 saturated heterocycles. The maximum atomic E-state index is 14.4. The lowest BCUT2D eigenvalue weighted by atomic mass is 9.94. The number of benzene rings is 9. The largest absolute Gasteiger partial charge is 0.416 e. The third kappa shape index (κ3) is 7.24. The van der Waals surface area contributed by atoms with E-state index in [9.17, 15) is 18.4 Å². The van der Waals surface area contributed by atoms with Gasteiger partial charge in [0.2, 0.25) is 0 Å². The van der Waals surface area contributed by atoms with Gasteiger partial charge < -0.3 is 9.13 Å². The second kappa shape index (κ2) is 15.8. The van der Waals surface area contributed by atoms with Crippen LogP contribution in [0.1, 0.15) is 38.9 Å². The number of aromatic nitrogens is 2. The molecule has 0 aliphatic carbocycles. The van der Waals surface area contributed by atoms with Crippen molar-refractivity contribution in [2.45, 2.75) is 40.8 Å². The van der Waals surface area contributed by atoms with Gasteiger partial charge >= 0.3 is 6.18 Å². The van der Waals surface area contributed by atoms with E-state index in [4.69, 9.17) is 0 Å². The number of para-hydroxylation sites is 2. The van der Waals surface area contributed by atoms with Gasteiger partial charge in [0.05, 0.1) is 50.6 Å². The predicted molar refractivity (Wildman–Crippen MR) is 270 cm³/mol. The Bertz CT molecular complexity index is 3830. The van der Waals surface area contributed by atoms with Gasteiger partial charge in [-0.3, -0.25) is 0 Å². The molecule has 11 rings (SSSR count). The molecule has 0 atom stereocenters. The van der Waals surface area contributed by atoms with Crippen LogP contribution < -0.4 is 0 Å². The molecule has 0 spiro atoms. The van der Waals surface area contributed by atoms with Crippen LogP contribution in [-0.4, -0.2) is 9.13 Å². The van der Waals surface area contributed by atoms with Gasteiger partial charge in [-0.1, -0.05) is 131 Å². The van der Waals surface area contributed by atoms with Gasteiger partial charge in [0.1, 0.15) is 0 Å². The third-order valence-corrected chi connectivity index (χ3v) is 13.1. The van der Waals surface area contributed by atoms with Crippen molar-refractivity contribution in [1.29, 1.82) is 5.26 Å². The standard InChI is InChI=1S/C61H44F3N3/c1-36-22-37(2)25-45(24-36)42-16-20-57-53(32-42)49-10-6-8-12-55(49)66(57)59-30-41(35-65)14-18-51(59)52-19-15-44(47-28-40(5)29-48(31-47)61(62,63)64)34-60(52)67-56-13-9-7-11-50(56)54-33-43(17-21-58(54)67)46-26-38(3)23-39(4)27-46/h6-34H,1-5H3. The Kier molecular flexibility index (Phi) is 9.79. The Balaban J connectivity index is 1.21. The number of nitriles is 1. The molecule has 0 bridgehead atoms. The highest BCUT2D eigenvalue weighted by Crippen LogP contribution is 2.44. The fraction of sp³-hybridized carbons (Fsp3) is 0.0984. The Hall–Kier alpha value is -8.14. The molecule has 0 aliphatic rings. The van der Waals surface area contributed by atoms with Gasteiger partial charge in [0.15, 0.2) is 0 Å². The fourth-order valence-corrected chi connectivity index (χ4v) is 10.4. The summed E-state index contributed by atoms with van der Waals surface area (Å²) in [6.45, 7) is 10.2. The second-order valence-electron chi connectivity index (χ2n) is 18.1. The molecule has 0 aliphatic heterocycles. The summed E-state index contributed by atoms with van der Waals surface area (Å²) in [5.41, 5.74) is 17.9. The van der Waals surface area contributed by atoms with Gasteiger partial charge in [-0.05, 0) is 140 Å². The minimum atomic E-state index is -4.51. The van der Waals surface area contributed by atoms with Crippen molar-refractivity contribution in [1.82, 2.24) is 9.13 Å². The molecule has 9 aromatic carbocycles. The van der Waals surface area contributed by atoms with Crippen molar-refractivity contribution in [3.8, 4) is 62.0 Å². The minimum Gasteiger partial charge on any atom is -0.309 e. The number of hydrogen-bond acceptors (Lipinski definition) is 1. The van der Waals surface area contributed by atoms with Crippen molar-refractivity contribution in [3.63, 3.8) is 0 Å². The Morgan fingerprint density at radius 1 is 0.373 bits per heavy atom. The van der Waals surface area contributed by atoms with Gasteiger partial charge in [0.25, 0.3) is 0 Å². The number of hydrogen-bond donors (Lipinski definition) is 0. The van der Waals surface area contributed by atoms with Gasteiger partial charge in [-0.2, -0.15) is 18.4 Å². The highest BCUT2D eigenvalue weighted by Gasteiger charge is 2.31. The van der Waals surface area contributed by atoms with Crippen LogP contribution in [0, 0.1) is 45.9 Å². The summed E-state index contributed by atoms with van der Waals surface area (Å²) >= 11 is 0. The molecule has 3 nitrogen and oxygen atoms in total. The van der Waals surface area contributed by atoms with Crippen molar-refractivity contribution in [2.75, 3.05) is 0 Å². The summed E-state index contributed by atoms with van der Waals surface area (Å²) in [5.74, 6) is 0. The topological polar surface area (TPSA) is 33.6 Å². The zero-order valence-corrected chi connectivity index (χ0v) is 37.7. The van der Waals surface area contributed by atoms with Crippen LogP contribution >= 0.6 is 0 Å². The third-order valence-electron chi connectivity index (χ3n) is 13.1. The van der Waals surface area contributed by atoms with Crippen molar-refractivity contribution in [2.24, 2.45) is 0 Å². The maximum Gasteiger partial charge on any atom is 0.416 e. The molecule has 6 heteroatoms. The van der Waals surface area contributed by atoms with E-state index in [-0.39, 0.29) is 0 Å². The molecule has 0 radical (unpaired) electrons. The smallest absolute Gasteiger partial charge is 0.309 e. The number of halogens is 3. The summed E-state index contributed by atoms with van der Waals surface area (Å²) in [7, 11) is 0. The first-order chi connectivity index (χ1) is 32.3. The first-order valence-corrected chi connectivity index (χ1v) is 22.4. The molecule has 2 heterocycles. The van der Waals surface area contributed by atoms with Crippen LogP contribution in [0.25, 0.3) is 99.5 Å². The summed E-state index contributed by atoms with van der Waals surface area (Å²) < 4.78 is 47.6. The molecule has 0 unspecified atom stereocenters. The molecule has 67 heavy (non-hydrogen) atoms. The molecule has 324 valence electrons. The molecule has 0 saturated carbocycles. The highest BCUT2D eigenvalue weighted by atomic mass is 19.4. The van der Waals surface area contributed by atoms with Gasteiger partial charge in [0, 0.05) is 32.7 Å². The van der Waals surface area contributed by atoms with E-state index in [0.717, 1.165) is 88.4 Å². The normalized spacial score (nSPS) is 11.9. The van der Waals surface area contributed by atoms with E-state index in [1.54, 1.807) is 6.92 Å². The lowest BCUT2D eigenvalue weighted by molar-refractivity contribution is -0.137. The molecular weight excluding hydrogens is 832 g/mol. The summed E-state index contributed by atoms with van der Waals surface area (Å²) in [6, 6.07) is 61.5. The minimum absolute atomic E-state index is 0.472. The van der Waals surface area contributed by atoms with E-state index in [2.05, 4.69) is 146 Å². The number of fused-ring (bicyclic) bond motifs is 6. The first kappa shape index (κ1) is 41.6. The van der Waals surface area contributed by atoms with Crippen LogP contribution in [0.4, 0.5) is 13.2 Å². The lowest BCUT2D eigenvalue weighted by Crippen LogP contribution is -2.05. The number of aryl methyl sites for hydroxylation is 5. The summed E-state index contributed by atoms with van der Waals surface area (Å²) in [6.07, 6.45) is -4.51. The van der Waals surface area contributed by atoms with E-state index in [1.807, 2.05) is 60.7 Å². The highest BCUT2D eigenvalue weighted by molar-refractivity contribution is 6.13. The number of rotatable bonds is 6. The second-order valence-corrected chi connectivity index (χ2v) is 18.1. The predicted octanol–water partition coefficient (Wildman–Crippen LogP) is 17.0. The van der Waals surface area contributed by atoms with Crippen LogP contribution in [0.2, 0.25) is 0 Å². The molecular formula is C61H44F3N3. The lowest BCUT2D eigenvalue weighted by Gasteiger charge is -2.20. The zero-order chi connectivity index (χ0) is 46.3. The SMILES string of the molecule is Cc1cc(C)cc(-c2ccc3c(c2)c2ccccc2n3-c2cc(C#N)ccc2-c2ccc(-c3cc(C)cc(C(F)(F)F)c3)cc2-n2c3ccccc3c3cc(-c4cc(C)cc(C)c4)ccc32)c1. The van der Waals surface area contributed by atoms with Crippen molar-refractivity contribution >= 4 is 43.6 Å². The van der Waals surface area contributed by atoms with E-state index >= 15 is 0 Å². The number of alkyl halides is 3. The van der Waals surface area contributed by atoms with E-state index in [0.29, 0.717) is 22.3 Å². The van der Waals surface area contributed by atoms with Crippen molar-refractivity contribution < 1.29 is 13.2 Å². The van der Waals surface area contributed by atoms with Crippen molar-refractivity contribution in [3.05, 3.63) is 215 Å². The zero-order valence-electron chi connectivity index (χ0n) is 37.7. The van der Waals surface area contributed by atoms with Crippen LogP contribution in [0.15, 0.2) is 176 Å². The monoisotopic (exact) mass is 875 g/mol. The average molecular weight is 876 g/mol. The molecule has 0 fully saturated rings. The van der Waals surface area contributed by atoms with E-state index in [1.165, 1.54) is 34.4 Å². The fourth-order valence-electron chi connectivity index (χ4n) is 10.4. The molecule has 2 aromatic heterocycles. The quantitative estimate of drug-likeness (QED) is 0.164. The maximum absolute atomic E-state index is 14.4. The summed E-state index contributed by atoms with van der Waals surface area (Å²) in [5, 5.41) is 14.7. The van der Waals surface area contributed by atoms with Gasteiger partial charge in [-0.15, -0.1) is 0 Å². The molecule has 0 N–H and O–H groups in total. The average Bonchev–Trinajstić information content (AvgIpc) is 3.82. The molecule has 0 amide bonds. The Labute approximate surface area is 387 Å². The first-order valence-electron chi connectivity index (χ1n) is 22.4. The van der Waals surface area contributed by atoms with E-state index < -0.39 is 11.7 Å².